The van der Waals surface area contributed by atoms with Gasteiger partial charge in [-0.3, -0.25) is 14.6 Å². The Kier molecular flexibility index (Phi) is 2.81. The number of carbonyl (C=O) groups is 2. The number of nitrogens with two attached hydrogens (primary N) is 1. The highest BCUT2D eigenvalue weighted by Gasteiger charge is 2.45. The summed E-state index contributed by atoms with van der Waals surface area (Å²) in [6.07, 6.45) is 2.70. The molecule has 4 N–H and O–H groups in total. The van der Waals surface area contributed by atoms with Gasteiger partial charge in [0.15, 0.2) is 0 Å². The highest BCUT2D eigenvalue weighted by Crippen LogP contribution is 2.33. The van der Waals surface area contributed by atoms with Crippen molar-refractivity contribution in [2.75, 3.05) is 5.32 Å². The van der Waals surface area contributed by atoms with Crippen LogP contribution in [-0.2, 0) is 16.0 Å². The second-order valence-electron chi connectivity index (χ2n) is 4.22. The van der Waals surface area contributed by atoms with E-state index < -0.39 is 11.5 Å². The third-order valence-electron chi connectivity index (χ3n) is 2.66. The molecular formula is C11H13N3O3. The maximum Gasteiger partial charge on any atom is 0.309 e. The van der Waals surface area contributed by atoms with E-state index in [1.807, 2.05) is 0 Å². The second kappa shape index (κ2) is 4.14. The molecule has 0 spiro atoms. The largest absolute Gasteiger partial charge is 0.481 e. The first kappa shape index (κ1) is 11.5. The molecule has 1 aliphatic carbocycles. The number of nitrogens with one attached hydrogen (secondary N) is 1. The summed E-state index contributed by atoms with van der Waals surface area (Å²) >= 11 is 0. The van der Waals surface area contributed by atoms with Crippen molar-refractivity contribution in [3.8, 4) is 0 Å². The highest BCUT2D eigenvalue weighted by atomic mass is 16.4. The molecule has 0 unspecified atom stereocenters. The lowest BCUT2D eigenvalue weighted by Crippen LogP contribution is -2.37. The second-order valence-corrected chi connectivity index (χ2v) is 4.22. The zero-order valence-corrected chi connectivity index (χ0v) is 9.14. The zero-order chi connectivity index (χ0) is 12.5. The molecule has 6 nitrogen and oxygen atoms in total. The summed E-state index contributed by atoms with van der Waals surface area (Å²) < 4.78 is 0. The summed E-state index contributed by atoms with van der Waals surface area (Å²) in [6, 6.07) is 3.19. The fourth-order valence-corrected chi connectivity index (χ4v) is 1.38. The van der Waals surface area contributed by atoms with Crippen molar-refractivity contribution in [2.24, 2.45) is 5.73 Å². The van der Waals surface area contributed by atoms with E-state index in [0.717, 1.165) is 0 Å². The van der Waals surface area contributed by atoms with Crippen molar-refractivity contribution in [2.45, 2.75) is 24.8 Å². The number of hydrogen-bond acceptors (Lipinski definition) is 4. The molecule has 1 heterocycles. The molecule has 0 aromatic carbocycles. The summed E-state index contributed by atoms with van der Waals surface area (Å²) in [5, 5.41) is 11.2. The lowest BCUT2D eigenvalue weighted by Gasteiger charge is -2.09. The quantitative estimate of drug-likeness (QED) is 0.688. The molecule has 0 radical (unpaired) electrons. The molecule has 0 aliphatic heterocycles. The minimum atomic E-state index is -0.937. The van der Waals surface area contributed by atoms with Gasteiger partial charge in [0, 0.05) is 0 Å². The Morgan fingerprint density at radius 1 is 1.47 bits per heavy atom. The molecule has 90 valence electrons. The van der Waals surface area contributed by atoms with Crippen LogP contribution in [0.1, 0.15) is 18.5 Å². The fourth-order valence-electron chi connectivity index (χ4n) is 1.38. The zero-order valence-electron chi connectivity index (χ0n) is 9.14. The van der Waals surface area contributed by atoms with E-state index in [1.165, 1.54) is 6.20 Å². The number of carboxylic acids is 1. The molecule has 1 saturated carbocycles. The number of nitrogens with zero attached hydrogens (tertiary/aromatic N) is 1. The highest BCUT2D eigenvalue weighted by molar-refractivity contribution is 5.99. The lowest BCUT2D eigenvalue weighted by molar-refractivity contribution is -0.136. The summed E-state index contributed by atoms with van der Waals surface area (Å²) in [4.78, 5) is 26.0. The van der Waals surface area contributed by atoms with Gasteiger partial charge in [0.25, 0.3) is 0 Å². The van der Waals surface area contributed by atoms with Crippen molar-refractivity contribution in [1.82, 2.24) is 4.98 Å². The van der Waals surface area contributed by atoms with E-state index in [4.69, 9.17) is 10.8 Å². The first-order valence-electron chi connectivity index (χ1n) is 5.27. The van der Waals surface area contributed by atoms with Crippen molar-refractivity contribution >= 4 is 17.6 Å². The van der Waals surface area contributed by atoms with Crippen LogP contribution in [0, 0.1) is 0 Å². The molecule has 1 aromatic heterocycles. The number of carboxylic acid groups (broad SMARTS) is 1. The molecule has 1 fully saturated rings. The average Bonchev–Trinajstić information content (AvgIpc) is 3.00. The summed E-state index contributed by atoms with van der Waals surface area (Å²) in [7, 11) is 0. The standard InChI is InChI=1S/C11H13N3O3/c12-11(3-4-11)10(17)14-8-2-1-7(13-6-8)5-9(15)16/h1-2,6H,3-5,12H2,(H,14,17)(H,15,16). The molecule has 0 atom stereocenters. The smallest absolute Gasteiger partial charge is 0.309 e. The van der Waals surface area contributed by atoms with Crippen LogP contribution in [0.15, 0.2) is 18.3 Å². The Morgan fingerprint density at radius 3 is 2.65 bits per heavy atom. The van der Waals surface area contributed by atoms with E-state index in [1.54, 1.807) is 12.1 Å². The van der Waals surface area contributed by atoms with Crippen molar-refractivity contribution < 1.29 is 14.7 Å². The normalized spacial score (nSPS) is 16.3. The van der Waals surface area contributed by atoms with Gasteiger partial charge in [-0.25, -0.2) is 0 Å². The number of aliphatic carboxylic acids is 1. The summed E-state index contributed by atoms with van der Waals surface area (Å²) in [5.74, 6) is -1.15. The van der Waals surface area contributed by atoms with Gasteiger partial charge in [0.2, 0.25) is 5.91 Å². The summed E-state index contributed by atoms with van der Waals surface area (Å²) in [5.41, 5.74) is 5.98. The van der Waals surface area contributed by atoms with E-state index >= 15 is 0 Å². The third-order valence-corrected chi connectivity index (χ3v) is 2.66. The Bertz CT molecular complexity index is 452. The molecule has 6 heteroatoms. The van der Waals surface area contributed by atoms with Gasteiger partial charge in [-0.15, -0.1) is 0 Å². The minimum absolute atomic E-state index is 0.130. The van der Waals surface area contributed by atoms with Crippen LogP contribution in [0.25, 0.3) is 0 Å². The molecule has 1 aromatic rings. The number of anilines is 1. The van der Waals surface area contributed by atoms with Crippen molar-refractivity contribution in [3.05, 3.63) is 24.0 Å². The van der Waals surface area contributed by atoms with Gasteiger partial charge in [0.1, 0.15) is 0 Å². The van der Waals surface area contributed by atoms with Gasteiger partial charge in [-0.1, -0.05) is 0 Å². The van der Waals surface area contributed by atoms with Crippen LogP contribution in [0.4, 0.5) is 5.69 Å². The fraction of sp³-hybridized carbons (Fsp3) is 0.364. The molecule has 17 heavy (non-hydrogen) atoms. The van der Waals surface area contributed by atoms with Crippen LogP contribution in [-0.4, -0.2) is 27.5 Å². The minimum Gasteiger partial charge on any atom is -0.481 e. The summed E-state index contributed by atoms with van der Waals surface area (Å²) in [6.45, 7) is 0. The molecular weight excluding hydrogens is 222 g/mol. The molecule has 0 bridgehead atoms. The molecule has 1 amide bonds. The predicted octanol–water partition coefficient (Wildman–Crippen LogP) is 0.138. The monoisotopic (exact) mass is 235 g/mol. The average molecular weight is 235 g/mol. The molecule has 2 rings (SSSR count). The lowest BCUT2D eigenvalue weighted by atomic mass is 10.2. The van der Waals surface area contributed by atoms with Crippen LogP contribution in [0.5, 0.6) is 0 Å². The van der Waals surface area contributed by atoms with Crippen molar-refractivity contribution in [1.29, 1.82) is 0 Å². The van der Waals surface area contributed by atoms with Crippen molar-refractivity contribution in [3.63, 3.8) is 0 Å². The first-order valence-corrected chi connectivity index (χ1v) is 5.27. The SMILES string of the molecule is NC1(C(=O)Nc2ccc(CC(=O)O)nc2)CC1. The Hall–Kier alpha value is -1.95. The maximum atomic E-state index is 11.6. The number of carbonyl (C=O) groups excluding carboxylic acids is 1. The number of rotatable bonds is 4. The predicted molar refractivity (Wildman–Crippen MR) is 60.4 cm³/mol. The molecule has 1 aliphatic rings. The number of amides is 1. The van der Waals surface area contributed by atoms with E-state index in [9.17, 15) is 9.59 Å². The van der Waals surface area contributed by atoms with Crippen LogP contribution in [0.2, 0.25) is 0 Å². The topological polar surface area (TPSA) is 105 Å². The van der Waals surface area contributed by atoms with Gasteiger partial charge >= 0.3 is 5.97 Å². The Morgan fingerprint density at radius 2 is 2.18 bits per heavy atom. The third kappa shape index (κ3) is 2.79. The van der Waals surface area contributed by atoms with E-state index in [-0.39, 0.29) is 12.3 Å². The number of pyridine rings is 1. The Labute approximate surface area is 97.8 Å². The molecule has 0 saturated heterocycles. The van der Waals surface area contributed by atoms with Crippen LogP contribution < -0.4 is 11.1 Å². The van der Waals surface area contributed by atoms with Crippen LogP contribution >= 0.6 is 0 Å². The maximum absolute atomic E-state index is 11.6. The van der Waals surface area contributed by atoms with Gasteiger partial charge in [-0.05, 0) is 25.0 Å². The van der Waals surface area contributed by atoms with E-state index in [0.29, 0.717) is 24.2 Å². The Balaban J connectivity index is 1.98. The van der Waals surface area contributed by atoms with Gasteiger partial charge < -0.3 is 16.2 Å². The number of aromatic nitrogens is 1. The van der Waals surface area contributed by atoms with Gasteiger partial charge in [0.05, 0.1) is 29.5 Å². The van der Waals surface area contributed by atoms with Gasteiger partial charge in [-0.2, -0.15) is 0 Å². The first-order chi connectivity index (χ1) is 7.99. The van der Waals surface area contributed by atoms with E-state index in [2.05, 4.69) is 10.3 Å². The number of hydrogen-bond donors (Lipinski definition) is 3. The van der Waals surface area contributed by atoms with Crippen LogP contribution in [0.3, 0.4) is 0 Å².